The first-order chi connectivity index (χ1) is 8.68. The Kier molecular flexibility index (Phi) is 2.54. The molecule has 1 aromatic carbocycles. The molecule has 0 radical (unpaired) electrons. The summed E-state index contributed by atoms with van der Waals surface area (Å²) < 4.78 is 0. The highest BCUT2D eigenvalue weighted by Crippen LogP contribution is 2.35. The van der Waals surface area contributed by atoms with Crippen LogP contribution in [0.15, 0.2) is 24.3 Å². The molecule has 3 rings (SSSR count). The van der Waals surface area contributed by atoms with Gasteiger partial charge in [-0.25, -0.2) is 4.79 Å². The maximum absolute atomic E-state index is 11.6. The van der Waals surface area contributed by atoms with E-state index in [1.54, 1.807) is 0 Å². The molecular formula is C15H15NO2. The Labute approximate surface area is 105 Å². The van der Waals surface area contributed by atoms with Crippen molar-refractivity contribution in [2.24, 2.45) is 0 Å². The Bertz CT molecular complexity index is 634. The first-order valence-electron chi connectivity index (χ1n) is 6.33. The van der Waals surface area contributed by atoms with Gasteiger partial charge in [0.1, 0.15) is 0 Å². The highest BCUT2D eigenvalue weighted by molar-refractivity contribution is 6.04. The predicted molar refractivity (Wildman–Crippen MR) is 70.1 cm³/mol. The fourth-order valence-corrected chi connectivity index (χ4v) is 2.90. The number of fused-ring (bicyclic) bond motifs is 2. The van der Waals surface area contributed by atoms with E-state index in [4.69, 9.17) is 0 Å². The standard InChI is InChI=1S/C15H15NO2/c1-9-5-4-7-11-13(15(17)18)10-6-2-3-8-12(10)16-14(9)11/h2-3,6,8-9H,4-5,7H2,1H3,(H,17,18)/t9-/m1/s1. The van der Waals surface area contributed by atoms with Crippen LogP contribution in [0.1, 0.15) is 47.3 Å². The van der Waals surface area contributed by atoms with E-state index in [9.17, 15) is 9.90 Å². The van der Waals surface area contributed by atoms with Gasteiger partial charge in [0, 0.05) is 11.1 Å². The van der Waals surface area contributed by atoms with Crippen LogP contribution in [0.25, 0.3) is 10.9 Å². The lowest BCUT2D eigenvalue weighted by Crippen LogP contribution is -2.15. The molecule has 1 heterocycles. The molecule has 18 heavy (non-hydrogen) atoms. The molecule has 1 atom stereocenters. The number of carbonyl (C=O) groups is 1. The zero-order valence-electron chi connectivity index (χ0n) is 10.3. The van der Waals surface area contributed by atoms with Gasteiger partial charge >= 0.3 is 5.97 Å². The molecule has 92 valence electrons. The topological polar surface area (TPSA) is 50.2 Å². The molecule has 0 saturated heterocycles. The van der Waals surface area contributed by atoms with Gasteiger partial charge in [-0.2, -0.15) is 0 Å². The predicted octanol–water partition coefficient (Wildman–Crippen LogP) is 3.37. The first-order valence-corrected chi connectivity index (χ1v) is 6.33. The fraction of sp³-hybridized carbons (Fsp3) is 0.333. The molecule has 1 aliphatic carbocycles. The second kappa shape index (κ2) is 4.09. The number of carboxylic acids is 1. The van der Waals surface area contributed by atoms with E-state index in [-0.39, 0.29) is 0 Å². The molecular weight excluding hydrogens is 226 g/mol. The van der Waals surface area contributed by atoms with Crippen molar-refractivity contribution < 1.29 is 9.90 Å². The van der Waals surface area contributed by atoms with E-state index >= 15 is 0 Å². The zero-order chi connectivity index (χ0) is 12.7. The van der Waals surface area contributed by atoms with Gasteiger partial charge < -0.3 is 5.11 Å². The van der Waals surface area contributed by atoms with Crippen molar-refractivity contribution >= 4 is 16.9 Å². The average molecular weight is 241 g/mol. The Morgan fingerprint density at radius 2 is 2.17 bits per heavy atom. The quantitative estimate of drug-likeness (QED) is 0.832. The molecule has 1 aliphatic rings. The summed E-state index contributed by atoms with van der Waals surface area (Å²) in [4.78, 5) is 16.2. The van der Waals surface area contributed by atoms with Crippen LogP contribution < -0.4 is 0 Å². The highest BCUT2D eigenvalue weighted by atomic mass is 16.4. The summed E-state index contributed by atoms with van der Waals surface area (Å²) in [7, 11) is 0. The normalized spacial score (nSPS) is 18.6. The summed E-state index contributed by atoms with van der Waals surface area (Å²) in [6.07, 6.45) is 2.98. The van der Waals surface area contributed by atoms with E-state index in [0.29, 0.717) is 11.5 Å². The van der Waals surface area contributed by atoms with Gasteiger partial charge in [-0.3, -0.25) is 4.98 Å². The monoisotopic (exact) mass is 241 g/mol. The minimum Gasteiger partial charge on any atom is -0.478 e. The SMILES string of the molecule is C[C@@H]1CCCc2c1nc1ccccc1c2C(=O)O. The van der Waals surface area contributed by atoms with Crippen LogP contribution in [0.3, 0.4) is 0 Å². The van der Waals surface area contributed by atoms with Crippen LogP contribution in [-0.2, 0) is 6.42 Å². The number of para-hydroxylation sites is 1. The largest absolute Gasteiger partial charge is 0.478 e. The lowest BCUT2D eigenvalue weighted by Gasteiger charge is -2.23. The summed E-state index contributed by atoms with van der Waals surface area (Å²) in [6, 6.07) is 7.52. The van der Waals surface area contributed by atoms with Crippen LogP contribution in [-0.4, -0.2) is 16.1 Å². The van der Waals surface area contributed by atoms with Crippen molar-refractivity contribution in [3.63, 3.8) is 0 Å². The number of hydrogen-bond donors (Lipinski definition) is 1. The number of aromatic nitrogens is 1. The Balaban J connectivity index is 2.41. The Hall–Kier alpha value is -1.90. The second-order valence-corrected chi connectivity index (χ2v) is 4.97. The van der Waals surface area contributed by atoms with Crippen molar-refractivity contribution in [1.29, 1.82) is 0 Å². The Morgan fingerprint density at radius 3 is 2.94 bits per heavy atom. The van der Waals surface area contributed by atoms with E-state index in [1.165, 1.54) is 0 Å². The second-order valence-electron chi connectivity index (χ2n) is 4.97. The lowest BCUT2D eigenvalue weighted by atomic mass is 9.84. The number of nitrogens with zero attached hydrogens (tertiary/aromatic N) is 1. The van der Waals surface area contributed by atoms with Gasteiger partial charge in [0.25, 0.3) is 0 Å². The minimum atomic E-state index is -0.834. The summed E-state index contributed by atoms with van der Waals surface area (Å²) in [5, 5.41) is 10.3. The van der Waals surface area contributed by atoms with Gasteiger partial charge in [-0.05, 0) is 36.8 Å². The molecule has 0 aliphatic heterocycles. The number of aromatic carboxylic acids is 1. The van der Waals surface area contributed by atoms with Gasteiger partial charge in [-0.1, -0.05) is 25.1 Å². The fourth-order valence-electron chi connectivity index (χ4n) is 2.90. The van der Waals surface area contributed by atoms with Crippen LogP contribution in [0.4, 0.5) is 0 Å². The molecule has 0 fully saturated rings. The van der Waals surface area contributed by atoms with Gasteiger partial charge in [0.2, 0.25) is 0 Å². The molecule has 0 amide bonds. The molecule has 0 unspecified atom stereocenters. The average Bonchev–Trinajstić information content (AvgIpc) is 2.36. The van der Waals surface area contributed by atoms with Crippen molar-refractivity contribution in [2.75, 3.05) is 0 Å². The third kappa shape index (κ3) is 1.58. The molecule has 2 aromatic rings. The van der Waals surface area contributed by atoms with Gasteiger partial charge in [-0.15, -0.1) is 0 Å². The number of benzene rings is 1. The molecule has 0 saturated carbocycles. The number of carboxylic acid groups (broad SMARTS) is 1. The smallest absolute Gasteiger partial charge is 0.336 e. The third-order valence-electron chi connectivity index (χ3n) is 3.77. The Morgan fingerprint density at radius 1 is 1.39 bits per heavy atom. The number of rotatable bonds is 1. The molecule has 0 bridgehead atoms. The summed E-state index contributed by atoms with van der Waals surface area (Å²) >= 11 is 0. The van der Waals surface area contributed by atoms with Crippen molar-refractivity contribution in [3.05, 3.63) is 41.1 Å². The van der Waals surface area contributed by atoms with Crippen LogP contribution in [0.5, 0.6) is 0 Å². The molecule has 3 nitrogen and oxygen atoms in total. The van der Waals surface area contributed by atoms with E-state index in [2.05, 4.69) is 11.9 Å². The zero-order valence-corrected chi connectivity index (χ0v) is 10.3. The summed E-state index contributed by atoms with van der Waals surface area (Å²) in [5.41, 5.74) is 3.18. The highest BCUT2D eigenvalue weighted by Gasteiger charge is 2.25. The maximum Gasteiger partial charge on any atom is 0.336 e. The molecule has 1 N–H and O–H groups in total. The summed E-state index contributed by atoms with van der Waals surface area (Å²) in [5.74, 6) is -0.476. The van der Waals surface area contributed by atoms with Crippen LogP contribution in [0.2, 0.25) is 0 Å². The van der Waals surface area contributed by atoms with Crippen LogP contribution in [0, 0.1) is 0 Å². The van der Waals surface area contributed by atoms with Crippen molar-refractivity contribution in [3.8, 4) is 0 Å². The maximum atomic E-state index is 11.6. The van der Waals surface area contributed by atoms with Crippen molar-refractivity contribution in [1.82, 2.24) is 4.98 Å². The van der Waals surface area contributed by atoms with Gasteiger partial charge in [0.05, 0.1) is 11.1 Å². The number of hydrogen-bond acceptors (Lipinski definition) is 2. The molecule has 3 heteroatoms. The number of pyridine rings is 1. The first kappa shape index (κ1) is 11.2. The van der Waals surface area contributed by atoms with Gasteiger partial charge in [0.15, 0.2) is 0 Å². The molecule has 1 aromatic heterocycles. The van der Waals surface area contributed by atoms with E-state index in [0.717, 1.165) is 41.4 Å². The third-order valence-corrected chi connectivity index (χ3v) is 3.77. The van der Waals surface area contributed by atoms with Crippen molar-refractivity contribution in [2.45, 2.75) is 32.1 Å². The van der Waals surface area contributed by atoms with E-state index < -0.39 is 5.97 Å². The van der Waals surface area contributed by atoms with Crippen LogP contribution >= 0.6 is 0 Å². The molecule has 0 spiro atoms. The lowest BCUT2D eigenvalue weighted by molar-refractivity contribution is 0.0697. The van der Waals surface area contributed by atoms with E-state index in [1.807, 2.05) is 24.3 Å². The minimum absolute atomic E-state index is 0.358. The summed E-state index contributed by atoms with van der Waals surface area (Å²) in [6.45, 7) is 2.13.